The molecule has 0 aromatic carbocycles. The Morgan fingerprint density at radius 2 is 2.26 bits per heavy atom. The van der Waals surface area contributed by atoms with Crippen LogP contribution in [0.4, 0.5) is 5.69 Å². The van der Waals surface area contributed by atoms with Gasteiger partial charge < -0.3 is 9.84 Å². The number of pyridine rings is 1. The standard InChI is InChI=1S/C15H11BrN4O2S/c16-10-5-9(6-17-7-10)14(21)18-11-3-4-23-12(11)15-19-13(20-22-15)8-1-2-8/h3-8H,1-2H2,(H,18,21). The van der Waals surface area contributed by atoms with Crippen molar-refractivity contribution in [2.45, 2.75) is 18.8 Å². The van der Waals surface area contributed by atoms with Gasteiger partial charge in [0, 0.05) is 22.8 Å². The molecule has 1 fully saturated rings. The van der Waals surface area contributed by atoms with Crippen LogP contribution in [0.15, 0.2) is 38.9 Å². The molecular formula is C15H11BrN4O2S. The lowest BCUT2D eigenvalue weighted by molar-refractivity contribution is 0.102. The molecule has 1 saturated carbocycles. The summed E-state index contributed by atoms with van der Waals surface area (Å²) < 4.78 is 6.09. The van der Waals surface area contributed by atoms with Crippen molar-refractivity contribution < 1.29 is 9.32 Å². The first-order chi connectivity index (χ1) is 11.2. The molecular weight excluding hydrogens is 380 g/mol. The Bertz CT molecular complexity index is 872. The predicted molar refractivity (Wildman–Crippen MR) is 89.5 cm³/mol. The normalized spacial score (nSPS) is 14.0. The van der Waals surface area contributed by atoms with Gasteiger partial charge in [-0.25, -0.2) is 0 Å². The molecule has 0 bridgehead atoms. The summed E-state index contributed by atoms with van der Waals surface area (Å²) in [7, 11) is 0. The molecule has 8 heteroatoms. The Labute approximate surface area is 144 Å². The number of anilines is 1. The Morgan fingerprint density at radius 1 is 1.39 bits per heavy atom. The van der Waals surface area contributed by atoms with E-state index in [1.807, 2.05) is 11.4 Å². The third-order valence-corrected chi connectivity index (χ3v) is 4.80. The van der Waals surface area contributed by atoms with Crippen LogP contribution in [0.1, 0.15) is 34.9 Å². The minimum atomic E-state index is -0.236. The van der Waals surface area contributed by atoms with Gasteiger partial charge >= 0.3 is 0 Å². The predicted octanol–water partition coefficient (Wildman–Crippen LogP) is 4.09. The molecule has 0 aliphatic heterocycles. The largest absolute Gasteiger partial charge is 0.333 e. The molecule has 1 aliphatic carbocycles. The van der Waals surface area contributed by atoms with Gasteiger partial charge in [-0.3, -0.25) is 9.78 Å². The van der Waals surface area contributed by atoms with Crippen LogP contribution in [0.3, 0.4) is 0 Å². The van der Waals surface area contributed by atoms with Gasteiger partial charge in [0.15, 0.2) is 5.82 Å². The number of hydrogen-bond acceptors (Lipinski definition) is 6. The molecule has 116 valence electrons. The van der Waals surface area contributed by atoms with Gasteiger partial charge in [0.25, 0.3) is 11.8 Å². The number of halogens is 1. The van der Waals surface area contributed by atoms with Gasteiger partial charge in [-0.05, 0) is 46.3 Å². The topological polar surface area (TPSA) is 80.9 Å². The number of hydrogen-bond donors (Lipinski definition) is 1. The van der Waals surface area contributed by atoms with Crippen LogP contribution in [0.2, 0.25) is 0 Å². The SMILES string of the molecule is O=C(Nc1ccsc1-c1nc(C2CC2)no1)c1cncc(Br)c1. The van der Waals surface area contributed by atoms with Crippen LogP contribution in [0, 0.1) is 0 Å². The summed E-state index contributed by atoms with van der Waals surface area (Å²) in [5.74, 6) is 1.39. The fraction of sp³-hybridized carbons (Fsp3) is 0.200. The zero-order chi connectivity index (χ0) is 15.8. The quantitative estimate of drug-likeness (QED) is 0.725. The molecule has 0 saturated heterocycles. The summed E-state index contributed by atoms with van der Waals surface area (Å²) in [6.07, 6.45) is 5.38. The second kappa shape index (κ2) is 5.86. The number of rotatable bonds is 4. The molecule has 1 N–H and O–H groups in total. The van der Waals surface area contributed by atoms with Crippen molar-refractivity contribution in [3.05, 3.63) is 45.8 Å². The van der Waals surface area contributed by atoms with Crippen molar-refractivity contribution in [3.8, 4) is 10.8 Å². The third-order valence-electron chi connectivity index (χ3n) is 3.46. The molecule has 0 radical (unpaired) electrons. The first-order valence-corrected chi connectivity index (χ1v) is 8.71. The van der Waals surface area contributed by atoms with Crippen molar-refractivity contribution >= 4 is 38.9 Å². The molecule has 1 aliphatic rings. The monoisotopic (exact) mass is 390 g/mol. The van der Waals surface area contributed by atoms with Gasteiger partial charge in [0.05, 0.1) is 11.3 Å². The summed E-state index contributed by atoms with van der Waals surface area (Å²) in [5, 5.41) is 8.77. The highest BCUT2D eigenvalue weighted by atomic mass is 79.9. The van der Waals surface area contributed by atoms with Crippen LogP contribution >= 0.6 is 27.3 Å². The lowest BCUT2D eigenvalue weighted by Gasteiger charge is -2.04. The lowest BCUT2D eigenvalue weighted by Crippen LogP contribution is -2.12. The van der Waals surface area contributed by atoms with Gasteiger partial charge in [0.1, 0.15) is 4.88 Å². The zero-order valence-electron chi connectivity index (χ0n) is 11.8. The molecule has 3 heterocycles. The van der Waals surface area contributed by atoms with Gasteiger partial charge in [-0.2, -0.15) is 4.98 Å². The second-order valence-corrected chi connectivity index (χ2v) is 7.07. The van der Waals surface area contributed by atoms with E-state index in [1.165, 1.54) is 17.5 Å². The number of nitrogens with one attached hydrogen (secondary N) is 1. The van der Waals surface area contributed by atoms with E-state index in [4.69, 9.17) is 4.52 Å². The number of carbonyl (C=O) groups excluding carboxylic acids is 1. The fourth-order valence-corrected chi connectivity index (χ4v) is 3.27. The maximum Gasteiger partial charge on any atom is 0.270 e. The van der Waals surface area contributed by atoms with Crippen molar-refractivity contribution in [1.29, 1.82) is 0 Å². The summed E-state index contributed by atoms with van der Waals surface area (Å²) in [4.78, 5) is 21.5. The van der Waals surface area contributed by atoms with Crippen molar-refractivity contribution in [1.82, 2.24) is 15.1 Å². The Balaban J connectivity index is 1.58. The molecule has 6 nitrogen and oxygen atoms in total. The van der Waals surface area contributed by atoms with Crippen molar-refractivity contribution in [3.63, 3.8) is 0 Å². The number of aromatic nitrogens is 3. The van der Waals surface area contributed by atoms with E-state index in [-0.39, 0.29) is 5.91 Å². The zero-order valence-corrected chi connectivity index (χ0v) is 14.2. The Kier molecular flexibility index (Phi) is 3.70. The van der Waals surface area contributed by atoms with Crippen LogP contribution < -0.4 is 5.32 Å². The lowest BCUT2D eigenvalue weighted by atomic mass is 10.2. The third kappa shape index (κ3) is 3.04. The number of thiophene rings is 1. The smallest absolute Gasteiger partial charge is 0.270 e. The average molecular weight is 391 g/mol. The number of carbonyl (C=O) groups is 1. The van der Waals surface area contributed by atoms with Crippen LogP contribution in [-0.4, -0.2) is 21.0 Å². The fourth-order valence-electron chi connectivity index (χ4n) is 2.14. The van der Waals surface area contributed by atoms with Crippen molar-refractivity contribution in [2.75, 3.05) is 5.32 Å². The number of nitrogens with zero attached hydrogens (tertiary/aromatic N) is 3. The second-order valence-electron chi connectivity index (χ2n) is 5.24. The highest BCUT2D eigenvalue weighted by Gasteiger charge is 2.29. The van der Waals surface area contributed by atoms with Crippen LogP contribution in [0.25, 0.3) is 10.8 Å². The molecule has 4 rings (SSSR count). The van der Waals surface area contributed by atoms with E-state index < -0.39 is 0 Å². The molecule has 0 unspecified atom stereocenters. The Morgan fingerprint density at radius 3 is 3.04 bits per heavy atom. The minimum absolute atomic E-state index is 0.236. The average Bonchev–Trinajstić information content (AvgIpc) is 3.10. The van der Waals surface area contributed by atoms with E-state index in [2.05, 4.69) is 36.4 Å². The maximum absolute atomic E-state index is 12.3. The van der Waals surface area contributed by atoms with E-state index in [9.17, 15) is 4.79 Å². The van der Waals surface area contributed by atoms with E-state index in [1.54, 1.807) is 12.3 Å². The van der Waals surface area contributed by atoms with Gasteiger partial charge in [-0.15, -0.1) is 11.3 Å². The van der Waals surface area contributed by atoms with Gasteiger partial charge in [0.2, 0.25) is 0 Å². The number of amides is 1. The van der Waals surface area contributed by atoms with E-state index in [0.29, 0.717) is 23.1 Å². The minimum Gasteiger partial charge on any atom is -0.333 e. The molecule has 0 atom stereocenters. The first kappa shape index (κ1) is 14.5. The molecule has 0 spiro atoms. The van der Waals surface area contributed by atoms with E-state index >= 15 is 0 Å². The van der Waals surface area contributed by atoms with Crippen LogP contribution in [0.5, 0.6) is 0 Å². The first-order valence-electron chi connectivity index (χ1n) is 7.04. The summed E-state index contributed by atoms with van der Waals surface area (Å²) in [6, 6.07) is 3.54. The molecule has 3 aromatic heterocycles. The van der Waals surface area contributed by atoms with Crippen molar-refractivity contribution in [2.24, 2.45) is 0 Å². The molecule has 3 aromatic rings. The molecule has 1 amide bonds. The summed E-state index contributed by atoms with van der Waals surface area (Å²) in [5.41, 5.74) is 1.13. The summed E-state index contributed by atoms with van der Waals surface area (Å²) in [6.45, 7) is 0. The maximum atomic E-state index is 12.3. The van der Waals surface area contributed by atoms with Gasteiger partial charge in [-0.1, -0.05) is 5.16 Å². The van der Waals surface area contributed by atoms with E-state index in [0.717, 1.165) is 28.0 Å². The summed E-state index contributed by atoms with van der Waals surface area (Å²) >= 11 is 4.76. The van der Waals surface area contributed by atoms with Crippen LogP contribution in [-0.2, 0) is 0 Å². The highest BCUT2D eigenvalue weighted by molar-refractivity contribution is 9.10. The molecule has 23 heavy (non-hydrogen) atoms. The highest BCUT2D eigenvalue weighted by Crippen LogP contribution is 2.40. The Hall–Kier alpha value is -2.06.